The molecule has 158 valence electrons. The van der Waals surface area contributed by atoms with E-state index >= 15 is 0 Å². The first kappa shape index (κ1) is 19.1. The molecular formula is C27H25N5. The second-order valence-electron chi connectivity index (χ2n) is 8.93. The van der Waals surface area contributed by atoms with Crippen LogP contribution in [0, 0.1) is 0 Å². The molecule has 0 atom stereocenters. The minimum atomic E-state index is 0.260. The zero-order valence-corrected chi connectivity index (χ0v) is 18.1. The molecule has 5 heteroatoms. The second-order valence-corrected chi connectivity index (χ2v) is 8.93. The van der Waals surface area contributed by atoms with Crippen LogP contribution in [0.1, 0.15) is 25.3 Å². The van der Waals surface area contributed by atoms with Crippen molar-refractivity contribution in [3.63, 3.8) is 0 Å². The fourth-order valence-corrected chi connectivity index (χ4v) is 4.88. The lowest BCUT2D eigenvalue weighted by molar-refractivity contribution is 0.335. The highest BCUT2D eigenvalue weighted by Crippen LogP contribution is 2.34. The number of pyridine rings is 1. The first-order valence-corrected chi connectivity index (χ1v) is 11.2. The normalized spacial score (nSPS) is 15.9. The molecule has 4 heterocycles. The van der Waals surface area contributed by atoms with Crippen LogP contribution in [0.3, 0.4) is 0 Å². The van der Waals surface area contributed by atoms with Gasteiger partial charge in [0.2, 0.25) is 0 Å². The molecule has 0 radical (unpaired) electrons. The average Bonchev–Trinajstić information content (AvgIpc) is 3.27. The van der Waals surface area contributed by atoms with Crippen molar-refractivity contribution in [3.8, 4) is 22.3 Å². The quantitative estimate of drug-likeness (QED) is 0.434. The fourth-order valence-electron chi connectivity index (χ4n) is 4.88. The largest absolute Gasteiger partial charge is 0.317 e. The Balaban J connectivity index is 1.36. The van der Waals surface area contributed by atoms with Gasteiger partial charge < -0.3 is 5.32 Å². The zero-order valence-electron chi connectivity index (χ0n) is 18.1. The van der Waals surface area contributed by atoms with Crippen LogP contribution in [0.5, 0.6) is 0 Å². The van der Waals surface area contributed by atoms with Crippen molar-refractivity contribution in [1.82, 2.24) is 24.9 Å². The summed E-state index contributed by atoms with van der Waals surface area (Å²) in [7, 11) is 0. The minimum Gasteiger partial charge on any atom is -0.317 e. The molecule has 0 aliphatic carbocycles. The summed E-state index contributed by atoms with van der Waals surface area (Å²) in [5, 5.41) is 9.19. The fraction of sp³-hybridized carbons (Fsp3) is 0.222. The van der Waals surface area contributed by atoms with Crippen LogP contribution in [-0.2, 0) is 5.41 Å². The predicted octanol–water partition coefficient (Wildman–Crippen LogP) is 5.25. The summed E-state index contributed by atoms with van der Waals surface area (Å²) in [6, 6.07) is 19.2. The van der Waals surface area contributed by atoms with E-state index in [1.54, 1.807) is 0 Å². The van der Waals surface area contributed by atoms with Crippen molar-refractivity contribution in [2.75, 3.05) is 13.1 Å². The van der Waals surface area contributed by atoms with Gasteiger partial charge in [-0.05, 0) is 60.2 Å². The molecule has 0 amide bonds. The summed E-state index contributed by atoms with van der Waals surface area (Å²) < 4.78 is 1.88. The summed E-state index contributed by atoms with van der Waals surface area (Å²) in [6.07, 6.45) is 10.1. The topological polar surface area (TPSA) is 55.1 Å². The number of hydrogen-bond acceptors (Lipinski definition) is 4. The summed E-state index contributed by atoms with van der Waals surface area (Å²) >= 11 is 0. The van der Waals surface area contributed by atoms with Crippen molar-refractivity contribution in [2.24, 2.45) is 0 Å². The van der Waals surface area contributed by atoms with Crippen molar-refractivity contribution < 1.29 is 0 Å². The van der Waals surface area contributed by atoms with Crippen molar-refractivity contribution in [1.29, 1.82) is 0 Å². The number of para-hydroxylation sites is 1. The van der Waals surface area contributed by atoms with Crippen molar-refractivity contribution >= 4 is 16.6 Å². The van der Waals surface area contributed by atoms with E-state index in [9.17, 15) is 0 Å². The Morgan fingerprint density at radius 1 is 0.844 bits per heavy atom. The Labute approximate surface area is 187 Å². The molecule has 0 spiro atoms. The Morgan fingerprint density at radius 3 is 2.50 bits per heavy atom. The maximum atomic E-state index is 4.80. The standard InChI is InChI=1S/C27H25N5/c1-27(11-14-28-15-12-27)21-8-6-19(7-9-21)20-16-30-26-24(17-31-32(26)18-20)22-10-13-29-25-5-3-2-4-23(22)25/h2-10,13,16-18,28H,11-12,14-15H2,1H3. The van der Waals surface area contributed by atoms with Crippen molar-refractivity contribution in [2.45, 2.75) is 25.2 Å². The zero-order chi connectivity index (χ0) is 21.5. The van der Waals surface area contributed by atoms with E-state index in [1.807, 2.05) is 47.4 Å². The van der Waals surface area contributed by atoms with Crippen LogP contribution >= 0.6 is 0 Å². The van der Waals surface area contributed by atoms with E-state index in [0.29, 0.717) is 0 Å². The van der Waals surface area contributed by atoms with Crippen LogP contribution in [0.2, 0.25) is 0 Å². The van der Waals surface area contributed by atoms with E-state index in [4.69, 9.17) is 4.98 Å². The molecule has 2 aromatic carbocycles. The lowest BCUT2D eigenvalue weighted by Crippen LogP contribution is -2.37. The van der Waals surface area contributed by atoms with Crippen LogP contribution in [0.15, 0.2) is 79.4 Å². The summed E-state index contributed by atoms with van der Waals surface area (Å²) in [6.45, 7) is 4.56. The SMILES string of the molecule is CC1(c2ccc(-c3cnc4c(-c5ccnc6ccccc56)cnn4c3)cc2)CCNCC1. The lowest BCUT2D eigenvalue weighted by atomic mass is 9.75. The van der Waals surface area contributed by atoms with Gasteiger partial charge in [0.1, 0.15) is 0 Å². The van der Waals surface area contributed by atoms with Gasteiger partial charge in [0.25, 0.3) is 0 Å². The van der Waals surface area contributed by atoms with Gasteiger partial charge in [-0.3, -0.25) is 4.98 Å². The van der Waals surface area contributed by atoms with E-state index in [1.165, 1.54) is 18.4 Å². The molecule has 32 heavy (non-hydrogen) atoms. The van der Waals surface area contributed by atoms with E-state index < -0.39 is 0 Å². The average molecular weight is 420 g/mol. The molecule has 0 unspecified atom stereocenters. The highest BCUT2D eigenvalue weighted by molar-refractivity contribution is 5.97. The summed E-state index contributed by atoms with van der Waals surface area (Å²) in [4.78, 5) is 9.28. The molecular weight excluding hydrogens is 394 g/mol. The molecule has 6 rings (SSSR count). The van der Waals surface area contributed by atoms with Crippen LogP contribution in [-0.4, -0.2) is 32.7 Å². The van der Waals surface area contributed by atoms with E-state index in [0.717, 1.165) is 51.9 Å². The molecule has 0 saturated carbocycles. The first-order chi connectivity index (χ1) is 15.7. The smallest absolute Gasteiger partial charge is 0.162 e. The van der Waals surface area contributed by atoms with Gasteiger partial charge in [-0.25, -0.2) is 9.50 Å². The number of aromatic nitrogens is 4. The maximum Gasteiger partial charge on any atom is 0.162 e. The van der Waals surface area contributed by atoms with Gasteiger partial charge in [-0.2, -0.15) is 5.10 Å². The van der Waals surface area contributed by atoms with Gasteiger partial charge in [0, 0.05) is 35.1 Å². The molecule has 1 aliphatic heterocycles. The van der Waals surface area contributed by atoms with Gasteiger partial charge in [0.05, 0.1) is 11.7 Å². The third-order valence-corrected chi connectivity index (χ3v) is 6.92. The highest BCUT2D eigenvalue weighted by Gasteiger charge is 2.28. The Morgan fingerprint density at radius 2 is 1.66 bits per heavy atom. The number of nitrogens with one attached hydrogen (secondary N) is 1. The number of hydrogen-bond donors (Lipinski definition) is 1. The van der Waals surface area contributed by atoms with Gasteiger partial charge >= 0.3 is 0 Å². The molecule has 5 aromatic rings. The van der Waals surface area contributed by atoms with Gasteiger partial charge in [-0.1, -0.05) is 49.4 Å². The Kier molecular flexibility index (Phi) is 4.51. The van der Waals surface area contributed by atoms with Crippen LogP contribution < -0.4 is 5.32 Å². The summed E-state index contributed by atoms with van der Waals surface area (Å²) in [5.41, 5.74) is 7.85. The molecule has 1 saturated heterocycles. The van der Waals surface area contributed by atoms with E-state index in [2.05, 4.69) is 58.9 Å². The molecule has 1 N–H and O–H groups in total. The lowest BCUT2D eigenvalue weighted by Gasteiger charge is -2.34. The van der Waals surface area contributed by atoms with Crippen molar-refractivity contribution in [3.05, 3.63) is 84.9 Å². The number of piperidine rings is 1. The Hall–Kier alpha value is -3.57. The third kappa shape index (κ3) is 3.17. The Bertz CT molecular complexity index is 1410. The highest BCUT2D eigenvalue weighted by atomic mass is 15.2. The molecule has 1 fully saturated rings. The van der Waals surface area contributed by atoms with Gasteiger partial charge in [-0.15, -0.1) is 0 Å². The first-order valence-electron chi connectivity index (χ1n) is 11.2. The van der Waals surface area contributed by atoms with E-state index in [-0.39, 0.29) is 5.41 Å². The molecule has 1 aliphatic rings. The number of rotatable bonds is 3. The van der Waals surface area contributed by atoms with Gasteiger partial charge in [0.15, 0.2) is 5.65 Å². The second kappa shape index (κ2) is 7.53. The van der Waals surface area contributed by atoms with Crippen LogP contribution in [0.4, 0.5) is 0 Å². The number of benzene rings is 2. The predicted molar refractivity (Wildman–Crippen MR) is 129 cm³/mol. The number of nitrogens with zero attached hydrogens (tertiary/aromatic N) is 4. The summed E-state index contributed by atoms with van der Waals surface area (Å²) in [5.74, 6) is 0. The van der Waals surface area contributed by atoms with Crippen LogP contribution in [0.25, 0.3) is 38.8 Å². The molecule has 3 aromatic heterocycles. The molecule has 0 bridgehead atoms. The monoisotopic (exact) mass is 419 g/mol. The molecule has 5 nitrogen and oxygen atoms in total. The maximum absolute atomic E-state index is 4.80. The number of fused-ring (bicyclic) bond motifs is 2. The minimum absolute atomic E-state index is 0.260. The third-order valence-electron chi connectivity index (χ3n) is 6.92.